The SMILES string of the molecule is N=C(c1ccc(N2CCCC2)cn1)c1cc(-c2cccnc2)ncc1N. The van der Waals surface area contributed by atoms with Crippen LogP contribution in [0.4, 0.5) is 11.4 Å². The van der Waals surface area contributed by atoms with E-state index < -0.39 is 0 Å². The Morgan fingerprint density at radius 1 is 1.04 bits per heavy atom. The van der Waals surface area contributed by atoms with Gasteiger partial charge < -0.3 is 10.6 Å². The van der Waals surface area contributed by atoms with Crippen molar-refractivity contribution >= 4 is 17.1 Å². The van der Waals surface area contributed by atoms with Crippen LogP contribution >= 0.6 is 0 Å². The van der Waals surface area contributed by atoms with Crippen LogP contribution < -0.4 is 10.6 Å². The molecular formula is C20H20N6. The van der Waals surface area contributed by atoms with Gasteiger partial charge in [-0.3, -0.25) is 20.4 Å². The molecule has 0 bridgehead atoms. The number of hydrogen-bond acceptors (Lipinski definition) is 6. The largest absolute Gasteiger partial charge is 0.397 e. The topological polar surface area (TPSA) is 91.8 Å². The Kier molecular flexibility index (Phi) is 4.31. The van der Waals surface area contributed by atoms with E-state index in [2.05, 4.69) is 19.9 Å². The highest BCUT2D eigenvalue weighted by atomic mass is 15.1. The number of hydrogen-bond donors (Lipinski definition) is 2. The average Bonchev–Trinajstić information content (AvgIpc) is 3.23. The number of nitrogens with zero attached hydrogens (tertiary/aromatic N) is 4. The van der Waals surface area contributed by atoms with Gasteiger partial charge in [0.25, 0.3) is 0 Å². The van der Waals surface area contributed by atoms with Crippen molar-refractivity contribution in [3.8, 4) is 11.3 Å². The van der Waals surface area contributed by atoms with Crippen LogP contribution in [-0.4, -0.2) is 33.8 Å². The summed E-state index contributed by atoms with van der Waals surface area (Å²) in [5.41, 5.74) is 10.8. The maximum atomic E-state index is 8.55. The van der Waals surface area contributed by atoms with Crippen molar-refractivity contribution in [1.29, 1.82) is 5.41 Å². The van der Waals surface area contributed by atoms with Gasteiger partial charge in [-0.2, -0.15) is 0 Å². The summed E-state index contributed by atoms with van der Waals surface area (Å²) in [5.74, 6) is 0. The van der Waals surface area contributed by atoms with Crippen molar-refractivity contribution in [2.24, 2.45) is 0 Å². The quantitative estimate of drug-likeness (QED) is 0.710. The van der Waals surface area contributed by atoms with Gasteiger partial charge in [0.2, 0.25) is 0 Å². The molecule has 3 aromatic heterocycles. The molecule has 4 heterocycles. The van der Waals surface area contributed by atoms with Crippen molar-refractivity contribution in [1.82, 2.24) is 15.0 Å². The molecule has 6 heteroatoms. The lowest BCUT2D eigenvalue weighted by Crippen LogP contribution is -2.18. The lowest BCUT2D eigenvalue weighted by Gasteiger charge is -2.17. The van der Waals surface area contributed by atoms with Gasteiger partial charge in [0.05, 0.1) is 40.9 Å². The highest BCUT2D eigenvalue weighted by Crippen LogP contribution is 2.24. The molecule has 3 aromatic rings. The molecule has 1 aliphatic rings. The molecule has 0 unspecified atom stereocenters. The molecule has 0 aromatic carbocycles. The average molecular weight is 344 g/mol. The predicted molar refractivity (Wildman–Crippen MR) is 103 cm³/mol. The highest BCUT2D eigenvalue weighted by Gasteiger charge is 2.15. The van der Waals surface area contributed by atoms with Crippen LogP contribution in [0.1, 0.15) is 24.1 Å². The van der Waals surface area contributed by atoms with Gasteiger partial charge in [-0.15, -0.1) is 0 Å². The fraction of sp³-hybridized carbons (Fsp3) is 0.200. The molecule has 0 amide bonds. The molecule has 0 atom stereocenters. The third-order valence-corrected chi connectivity index (χ3v) is 4.64. The predicted octanol–water partition coefficient (Wildman–Crippen LogP) is 3.14. The third kappa shape index (κ3) is 3.13. The zero-order chi connectivity index (χ0) is 17.9. The number of anilines is 2. The molecule has 0 aliphatic carbocycles. The number of nitrogen functional groups attached to an aromatic ring is 1. The Morgan fingerprint density at radius 3 is 2.58 bits per heavy atom. The molecule has 4 rings (SSSR count). The number of nitrogens with two attached hydrogens (primary N) is 1. The van der Waals surface area contributed by atoms with Crippen molar-refractivity contribution in [2.75, 3.05) is 23.7 Å². The summed E-state index contributed by atoms with van der Waals surface area (Å²) in [4.78, 5) is 15.3. The van der Waals surface area contributed by atoms with E-state index in [-0.39, 0.29) is 0 Å². The first-order valence-electron chi connectivity index (χ1n) is 8.68. The Labute approximate surface area is 152 Å². The smallest absolute Gasteiger partial charge is 0.0890 e. The van der Waals surface area contributed by atoms with Crippen LogP contribution in [0.15, 0.2) is 55.1 Å². The monoisotopic (exact) mass is 344 g/mol. The maximum absolute atomic E-state index is 8.55. The van der Waals surface area contributed by atoms with Gasteiger partial charge in [-0.05, 0) is 43.2 Å². The van der Waals surface area contributed by atoms with E-state index in [0.29, 0.717) is 22.7 Å². The van der Waals surface area contributed by atoms with Crippen LogP contribution in [0.3, 0.4) is 0 Å². The second-order valence-electron chi connectivity index (χ2n) is 6.37. The molecule has 1 fully saturated rings. The van der Waals surface area contributed by atoms with E-state index in [4.69, 9.17) is 11.1 Å². The summed E-state index contributed by atoms with van der Waals surface area (Å²) in [7, 11) is 0. The van der Waals surface area contributed by atoms with Crippen molar-refractivity contribution in [3.63, 3.8) is 0 Å². The van der Waals surface area contributed by atoms with E-state index in [1.165, 1.54) is 12.8 Å². The van der Waals surface area contributed by atoms with Crippen LogP contribution in [-0.2, 0) is 0 Å². The summed E-state index contributed by atoms with van der Waals surface area (Å²) >= 11 is 0. The molecule has 3 N–H and O–H groups in total. The molecular weight excluding hydrogens is 324 g/mol. The van der Waals surface area contributed by atoms with Crippen molar-refractivity contribution in [3.05, 3.63) is 66.4 Å². The van der Waals surface area contributed by atoms with E-state index >= 15 is 0 Å². The van der Waals surface area contributed by atoms with Crippen LogP contribution in [0.25, 0.3) is 11.3 Å². The summed E-state index contributed by atoms with van der Waals surface area (Å²) in [6.07, 6.45) is 9.34. The van der Waals surface area contributed by atoms with E-state index in [1.807, 2.05) is 36.5 Å². The zero-order valence-corrected chi connectivity index (χ0v) is 14.4. The molecule has 130 valence electrons. The number of pyridine rings is 3. The van der Waals surface area contributed by atoms with Gasteiger partial charge in [0, 0.05) is 36.6 Å². The summed E-state index contributed by atoms with van der Waals surface area (Å²) in [5, 5.41) is 8.55. The van der Waals surface area contributed by atoms with Gasteiger partial charge >= 0.3 is 0 Å². The number of aromatic nitrogens is 3. The first kappa shape index (κ1) is 16.2. The zero-order valence-electron chi connectivity index (χ0n) is 14.4. The molecule has 0 radical (unpaired) electrons. The molecule has 1 saturated heterocycles. The van der Waals surface area contributed by atoms with Crippen LogP contribution in [0.2, 0.25) is 0 Å². The van der Waals surface area contributed by atoms with E-state index in [1.54, 1.807) is 18.6 Å². The molecule has 0 spiro atoms. The van der Waals surface area contributed by atoms with Gasteiger partial charge in [0.15, 0.2) is 0 Å². The fourth-order valence-electron chi connectivity index (χ4n) is 3.19. The van der Waals surface area contributed by atoms with E-state index in [0.717, 1.165) is 30.0 Å². The van der Waals surface area contributed by atoms with Gasteiger partial charge in [-0.1, -0.05) is 0 Å². The summed E-state index contributed by atoms with van der Waals surface area (Å²) < 4.78 is 0. The minimum Gasteiger partial charge on any atom is -0.397 e. The van der Waals surface area contributed by atoms with Crippen molar-refractivity contribution < 1.29 is 0 Å². The van der Waals surface area contributed by atoms with Gasteiger partial charge in [0.1, 0.15) is 0 Å². The first-order valence-corrected chi connectivity index (χ1v) is 8.68. The highest BCUT2D eigenvalue weighted by molar-refractivity contribution is 6.13. The van der Waals surface area contributed by atoms with Crippen molar-refractivity contribution in [2.45, 2.75) is 12.8 Å². The molecule has 6 nitrogen and oxygen atoms in total. The summed E-state index contributed by atoms with van der Waals surface area (Å²) in [6.45, 7) is 2.15. The molecule has 0 saturated carbocycles. The lowest BCUT2D eigenvalue weighted by atomic mass is 10.0. The number of nitrogens with one attached hydrogen (secondary N) is 1. The molecule has 26 heavy (non-hydrogen) atoms. The second-order valence-corrected chi connectivity index (χ2v) is 6.37. The minimum atomic E-state index is 0.294. The third-order valence-electron chi connectivity index (χ3n) is 4.64. The maximum Gasteiger partial charge on any atom is 0.0890 e. The summed E-state index contributed by atoms with van der Waals surface area (Å²) in [6, 6.07) is 9.53. The Hall–Kier alpha value is -3.28. The molecule has 1 aliphatic heterocycles. The standard InChI is InChI=1S/C20H20N6/c21-17-13-25-19(14-4-3-7-23-11-14)10-16(17)20(22)18-6-5-15(12-24-18)26-8-1-2-9-26/h3-7,10-13,22H,1-2,8-9,21H2. The van der Waals surface area contributed by atoms with Crippen LogP contribution in [0.5, 0.6) is 0 Å². The Balaban J connectivity index is 1.63. The Morgan fingerprint density at radius 2 is 1.88 bits per heavy atom. The number of rotatable bonds is 4. The first-order chi connectivity index (χ1) is 12.7. The normalized spacial score (nSPS) is 13.8. The lowest BCUT2D eigenvalue weighted by molar-refractivity contribution is 0.949. The second kappa shape index (κ2) is 6.92. The fourth-order valence-corrected chi connectivity index (χ4v) is 3.19. The van der Waals surface area contributed by atoms with Crippen LogP contribution in [0, 0.1) is 5.41 Å². The minimum absolute atomic E-state index is 0.294. The van der Waals surface area contributed by atoms with Gasteiger partial charge in [-0.25, -0.2) is 0 Å². The van der Waals surface area contributed by atoms with E-state index in [9.17, 15) is 0 Å². The Bertz CT molecular complexity index is 915.